The molecule has 14 heteroatoms. The van der Waals surface area contributed by atoms with Crippen LogP contribution in [0.4, 0.5) is 19.0 Å². The number of anilines is 1. The van der Waals surface area contributed by atoms with Gasteiger partial charge in [0.15, 0.2) is 0 Å². The normalized spacial score (nSPS) is 16.3. The fourth-order valence-corrected chi connectivity index (χ4v) is 6.26. The van der Waals surface area contributed by atoms with Gasteiger partial charge in [-0.3, -0.25) is 14.4 Å². The summed E-state index contributed by atoms with van der Waals surface area (Å²) in [5, 5.41) is 6.11. The molecule has 1 aliphatic carbocycles. The van der Waals surface area contributed by atoms with Crippen molar-refractivity contribution in [3.8, 4) is 17.0 Å². The van der Waals surface area contributed by atoms with Gasteiger partial charge >= 0.3 is 0 Å². The SMILES string of the molecule is CC.CCC1(F)CN(C(=O)c2cc(F)cc(F)c2-c2cc(NC(=O)c3cc(CNCC(C)[C@H](C)C(C)OC)cn(C4CC4)c3=O)nc(OC(C)C)c2)C1.S.[HH].[HH]. The monoisotopic (exact) mass is 779 g/mol. The average Bonchev–Trinajstić information content (AvgIpc) is 3.95. The van der Waals surface area contributed by atoms with Gasteiger partial charge in [0.05, 0.1) is 30.9 Å². The summed E-state index contributed by atoms with van der Waals surface area (Å²) < 4.78 is 57.7. The number of alkyl halides is 1. The summed E-state index contributed by atoms with van der Waals surface area (Å²) in [6.07, 6.45) is 3.35. The zero-order valence-electron chi connectivity index (χ0n) is 32.8. The van der Waals surface area contributed by atoms with E-state index in [-0.39, 0.29) is 88.1 Å². The molecule has 2 N–H and O–H groups in total. The first-order valence-corrected chi connectivity index (χ1v) is 18.6. The summed E-state index contributed by atoms with van der Waals surface area (Å²) in [6.45, 7) is 16.2. The van der Waals surface area contributed by atoms with Gasteiger partial charge in [-0.1, -0.05) is 34.6 Å². The van der Waals surface area contributed by atoms with Gasteiger partial charge in [0.2, 0.25) is 5.88 Å². The van der Waals surface area contributed by atoms with Crippen LogP contribution in [0.5, 0.6) is 5.88 Å². The lowest BCUT2D eigenvalue weighted by Gasteiger charge is -2.44. The lowest BCUT2D eigenvalue weighted by Crippen LogP contribution is -2.60. The number of nitrogens with one attached hydrogen (secondary N) is 2. The number of aromatic nitrogens is 2. The minimum absolute atomic E-state index is 0. The quantitative estimate of drug-likeness (QED) is 0.160. The van der Waals surface area contributed by atoms with E-state index in [0.29, 0.717) is 31.0 Å². The molecular formula is C40H60F3N5O5S. The molecule has 2 amide bonds. The topological polar surface area (TPSA) is 115 Å². The highest BCUT2D eigenvalue weighted by Crippen LogP contribution is 2.36. The van der Waals surface area contributed by atoms with Crippen LogP contribution < -0.4 is 20.9 Å². The second-order valence-corrected chi connectivity index (χ2v) is 14.3. The summed E-state index contributed by atoms with van der Waals surface area (Å²) in [6, 6.07) is 5.82. The Bertz CT molecular complexity index is 1840. The molecule has 2 aliphatic rings. The third-order valence-electron chi connectivity index (χ3n) is 9.93. The minimum atomic E-state index is -1.56. The highest BCUT2D eigenvalue weighted by Gasteiger charge is 2.45. The molecule has 2 fully saturated rings. The van der Waals surface area contributed by atoms with Gasteiger partial charge < -0.3 is 29.6 Å². The zero-order chi connectivity index (χ0) is 39.2. The Labute approximate surface area is 326 Å². The number of hydrogen-bond donors (Lipinski definition) is 2. The van der Waals surface area contributed by atoms with Gasteiger partial charge in [-0.2, -0.15) is 18.5 Å². The van der Waals surface area contributed by atoms with Crippen LogP contribution in [0.25, 0.3) is 11.1 Å². The molecule has 1 saturated carbocycles. The van der Waals surface area contributed by atoms with E-state index in [4.69, 9.17) is 9.47 Å². The van der Waals surface area contributed by atoms with Crippen LogP contribution in [0.1, 0.15) is 110 Å². The van der Waals surface area contributed by atoms with E-state index in [2.05, 4.69) is 29.5 Å². The fourth-order valence-electron chi connectivity index (χ4n) is 6.26. The number of rotatable bonds is 15. The van der Waals surface area contributed by atoms with E-state index in [1.165, 1.54) is 17.0 Å². The van der Waals surface area contributed by atoms with Crippen LogP contribution in [0.2, 0.25) is 0 Å². The molecule has 0 radical (unpaired) electrons. The Morgan fingerprint density at radius 3 is 2.30 bits per heavy atom. The van der Waals surface area contributed by atoms with Crippen LogP contribution in [0, 0.1) is 23.5 Å². The number of halogens is 3. The van der Waals surface area contributed by atoms with Crippen molar-refractivity contribution in [3.05, 3.63) is 75.2 Å². The molecule has 5 rings (SSSR count). The first kappa shape index (κ1) is 44.5. The first-order chi connectivity index (χ1) is 25.1. The van der Waals surface area contributed by atoms with Crippen molar-refractivity contribution in [2.45, 2.75) is 105 Å². The number of carbonyl (C=O) groups excluding carboxylic acids is 2. The van der Waals surface area contributed by atoms with Crippen molar-refractivity contribution >= 4 is 31.1 Å². The van der Waals surface area contributed by atoms with Crippen LogP contribution >= 0.6 is 13.5 Å². The first-order valence-electron chi connectivity index (χ1n) is 18.6. The number of hydrogen-bond acceptors (Lipinski definition) is 7. The Morgan fingerprint density at radius 2 is 1.70 bits per heavy atom. The predicted molar refractivity (Wildman–Crippen MR) is 215 cm³/mol. The minimum Gasteiger partial charge on any atom is -0.475 e. The lowest BCUT2D eigenvalue weighted by molar-refractivity contribution is -0.0216. The molecule has 2 unspecified atom stereocenters. The maximum absolute atomic E-state index is 15.6. The maximum atomic E-state index is 15.6. The number of nitrogens with zero attached hydrogens (tertiary/aromatic N) is 3. The third kappa shape index (κ3) is 10.7. The van der Waals surface area contributed by atoms with E-state index >= 15 is 4.39 Å². The Kier molecular flexibility index (Phi) is 15.8. The average molecular weight is 780 g/mol. The van der Waals surface area contributed by atoms with Crippen LogP contribution in [0.3, 0.4) is 0 Å². The molecule has 54 heavy (non-hydrogen) atoms. The van der Waals surface area contributed by atoms with Crippen LogP contribution in [0.15, 0.2) is 41.3 Å². The molecule has 10 nitrogen and oxygen atoms in total. The van der Waals surface area contributed by atoms with Crippen molar-refractivity contribution in [2.75, 3.05) is 32.1 Å². The van der Waals surface area contributed by atoms with Crippen molar-refractivity contribution in [2.24, 2.45) is 11.8 Å². The van der Waals surface area contributed by atoms with Crippen molar-refractivity contribution in [1.29, 1.82) is 0 Å². The molecule has 0 spiro atoms. The van der Waals surface area contributed by atoms with E-state index in [0.717, 1.165) is 24.5 Å². The van der Waals surface area contributed by atoms with Gasteiger partial charge in [-0.15, -0.1) is 0 Å². The Morgan fingerprint density at radius 1 is 1.04 bits per heavy atom. The molecule has 1 saturated heterocycles. The molecule has 1 aliphatic heterocycles. The smallest absolute Gasteiger partial charge is 0.263 e. The standard InChI is InChI=1S/C38H48F3N5O5.C2H6.H2S.2H2/c1-8-38(41)19-45(20-38)36(48)29-14-27(39)15-31(40)34(29)26-12-32(43-33(13-26)51-21(2)3)44-35(47)30-11-25(18-46(37(30)49)28-9-10-28)17-42-16-22(4)23(5)24(6)50-7;1-2;;;/h11-15,18,21-24,28,42H,8-10,16-17,19-20H2,1-7H3,(H,43,44,47);1-2H3;1H2;2*1H/t22?,23-,24?;;;;/m0..../s1. The Balaban J connectivity index is 0.00000309. The fraction of sp³-hybridized carbons (Fsp3) is 0.550. The summed E-state index contributed by atoms with van der Waals surface area (Å²) in [5.74, 6) is -2.95. The van der Waals surface area contributed by atoms with E-state index in [1.54, 1.807) is 44.7 Å². The maximum Gasteiger partial charge on any atom is 0.263 e. The third-order valence-corrected chi connectivity index (χ3v) is 9.93. The van der Waals surface area contributed by atoms with Gasteiger partial charge in [0, 0.05) is 46.4 Å². The molecule has 2 aromatic heterocycles. The van der Waals surface area contributed by atoms with Gasteiger partial charge in [0.1, 0.15) is 28.7 Å². The van der Waals surface area contributed by atoms with Crippen molar-refractivity contribution in [3.63, 3.8) is 0 Å². The van der Waals surface area contributed by atoms with E-state index < -0.39 is 34.7 Å². The predicted octanol–water partition coefficient (Wildman–Crippen LogP) is 8.16. The largest absolute Gasteiger partial charge is 0.475 e. The van der Waals surface area contributed by atoms with E-state index in [9.17, 15) is 23.2 Å². The molecular weight excluding hydrogens is 720 g/mol. The zero-order valence-corrected chi connectivity index (χ0v) is 33.8. The molecule has 0 bridgehead atoms. The summed E-state index contributed by atoms with van der Waals surface area (Å²) in [4.78, 5) is 46.4. The number of amides is 2. The molecule has 3 aromatic rings. The molecule has 3 heterocycles. The number of methoxy groups -OCH3 is 1. The van der Waals surface area contributed by atoms with Gasteiger partial charge in [0.25, 0.3) is 17.4 Å². The highest BCUT2D eigenvalue weighted by atomic mass is 32.1. The number of ether oxygens (including phenoxy) is 2. The second kappa shape index (κ2) is 19.1. The van der Waals surface area contributed by atoms with Gasteiger partial charge in [-0.25, -0.2) is 13.2 Å². The number of benzene rings is 1. The second-order valence-electron chi connectivity index (χ2n) is 14.3. The number of likely N-dealkylation sites (tertiary alicyclic amines) is 1. The summed E-state index contributed by atoms with van der Waals surface area (Å²) in [5.41, 5.74) is -1.85. The Hall–Kier alpha value is -3.88. The van der Waals surface area contributed by atoms with Crippen LogP contribution in [-0.4, -0.2) is 70.9 Å². The number of pyridine rings is 2. The summed E-state index contributed by atoms with van der Waals surface area (Å²) in [7, 11) is 1.69. The van der Waals surface area contributed by atoms with Gasteiger partial charge in [-0.05, 0) is 87.7 Å². The van der Waals surface area contributed by atoms with Crippen molar-refractivity contribution in [1.82, 2.24) is 19.8 Å². The molecule has 3 atom stereocenters. The summed E-state index contributed by atoms with van der Waals surface area (Å²) >= 11 is 0. The number of carbonyl (C=O) groups is 2. The van der Waals surface area contributed by atoms with Crippen LogP contribution in [-0.2, 0) is 11.3 Å². The lowest BCUT2D eigenvalue weighted by atomic mass is 9.91. The van der Waals surface area contributed by atoms with Crippen molar-refractivity contribution < 1.29 is 35.1 Å². The molecule has 302 valence electrons. The highest BCUT2D eigenvalue weighted by molar-refractivity contribution is 7.59. The van der Waals surface area contributed by atoms with E-state index in [1.807, 2.05) is 20.8 Å². The molecule has 1 aromatic carbocycles.